The van der Waals surface area contributed by atoms with Crippen LogP contribution in [0.2, 0.25) is 0 Å². The average molecular weight is 293 g/mol. The lowest BCUT2D eigenvalue weighted by Gasteiger charge is -2.40. The van der Waals surface area contributed by atoms with Gasteiger partial charge in [-0.2, -0.15) is 0 Å². The van der Waals surface area contributed by atoms with E-state index in [1.54, 1.807) is 11.3 Å². The van der Waals surface area contributed by atoms with Crippen LogP contribution in [0.15, 0.2) is 5.38 Å². The van der Waals surface area contributed by atoms with Crippen LogP contribution in [-0.4, -0.2) is 42.0 Å². The van der Waals surface area contributed by atoms with E-state index >= 15 is 0 Å². The molecule has 1 aromatic rings. The van der Waals surface area contributed by atoms with Gasteiger partial charge in [-0.3, -0.25) is 4.79 Å². The van der Waals surface area contributed by atoms with E-state index in [4.69, 9.17) is 0 Å². The van der Waals surface area contributed by atoms with Gasteiger partial charge in [-0.05, 0) is 32.6 Å². The highest BCUT2D eigenvalue weighted by molar-refractivity contribution is 7.13. The zero-order valence-electron chi connectivity index (χ0n) is 12.3. The molecule has 0 N–H and O–H groups in total. The highest BCUT2D eigenvalue weighted by atomic mass is 32.1. The topological polar surface area (TPSA) is 36.4 Å². The number of nitrogens with zero attached hydrogens (tertiary/aromatic N) is 3. The predicted molar refractivity (Wildman–Crippen MR) is 82.2 cm³/mol. The molecule has 1 atom stereocenters. The van der Waals surface area contributed by atoms with Crippen LogP contribution in [0.1, 0.15) is 37.8 Å². The van der Waals surface area contributed by atoms with Crippen LogP contribution >= 0.6 is 11.3 Å². The summed E-state index contributed by atoms with van der Waals surface area (Å²) in [5, 5.41) is 3.21. The molecule has 110 valence electrons. The number of aromatic nitrogens is 1. The molecule has 1 aromatic heterocycles. The molecule has 3 rings (SSSR count). The molecule has 1 amide bonds. The molecule has 2 fully saturated rings. The second kappa shape index (κ2) is 5.72. The average Bonchev–Trinajstić information content (AvgIpc) is 2.83. The van der Waals surface area contributed by atoms with Gasteiger partial charge in [0.05, 0.1) is 5.69 Å². The van der Waals surface area contributed by atoms with Crippen LogP contribution in [-0.2, 0) is 4.79 Å². The molecule has 0 bridgehead atoms. The number of piperidine rings is 1. The van der Waals surface area contributed by atoms with Crippen LogP contribution in [0, 0.1) is 12.8 Å². The zero-order valence-corrected chi connectivity index (χ0v) is 13.2. The van der Waals surface area contributed by atoms with Crippen molar-refractivity contribution in [1.82, 2.24) is 9.88 Å². The number of rotatable bonds is 3. The molecule has 1 saturated heterocycles. The molecule has 0 aromatic carbocycles. The summed E-state index contributed by atoms with van der Waals surface area (Å²) >= 11 is 1.71. The van der Waals surface area contributed by atoms with Crippen LogP contribution < -0.4 is 4.90 Å². The first-order chi connectivity index (χ1) is 9.65. The maximum Gasteiger partial charge on any atom is 0.225 e. The first-order valence-corrected chi connectivity index (χ1v) is 8.47. The van der Waals surface area contributed by atoms with Gasteiger partial charge in [0.2, 0.25) is 5.91 Å². The number of thiazole rings is 1. The largest absolute Gasteiger partial charge is 0.346 e. The van der Waals surface area contributed by atoms with E-state index in [0.29, 0.717) is 17.9 Å². The van der Waals surface area contributed by atoms with E-state index in [-0.39, 0.29) is 0 Å². The normalized spacial score (nSPS) is 23.5. The number of carbonyl (C=O) groups is 1. The third-order valence-electron chi connectivity index (χ3n) is 4.62. The van der Waals surface area contributed by atoms with Gasteiger partial charge in [-0.15, -0.1) is 11.3 Å². The monoisotopic (exact) mass is 293 g/mol. The van der Waals surface area contributed by atoms with Gasteiger partial charge in [-0.25, -0.2) is 4.98 Å². The van der Waals surface area contributed by atoms with Crippen molar-refractivity contribution in [3.63, 3.8) is 0 Å². The van der Waals surface area contributed by atoms with E-state index in [1.807, 2.05) is 18.9 Å². The SMILES string of the molecule is Cc1csc(N2CCCC(N(C)C(=O)C3CCC3)C2)n1. The fourth-order valence-electron chi connectivity index (χ4n) is 3.05. The first-order valence-electron chi connectivity index (χ1n) is 7.59. The third-order valence-corrected chi connectivity index (χ3v) is 5.64. The molecule has 2 aliphatic rings. The smallest absolute Gasteiger partial charge is 0.225 e. The fourth-order valence-corrected chi connectivity index (χ4v) is 3.89. The van der Waals surface area contributed by atoms with E-state index in [0.717, 1.165) is 49.6 Å². The van der Waals surface area contributed by atoms with Crippen LogP contribution in [0.25, 0.3) is 0 Å². The van der Waals surface area contributed by atoms with Gasteiger partial charge >= 0.3 is 0 Å². The van der Waals surface area contributed by atoms with Crippen LogP contribution in [0.5, 0.6) is 0 Å². The minimum atomic E-state index is 0.303. The van der Waals surface area contributed by atoms with Gasteiger partial charge in [0.15, 0.2) is 5.13 Å². The standard InChI is InChI=1S/C15H23N3OS/c1-11-10-20-15(16-11)18-8-4-7-13(9-18)17(2)14(19)12-5-3-6-12/h10,12-13H,3-9H2,1-2H3. The van der Waals surface area contributed by atoms with Crippen molar-refractivity contribution in [2.75, 3.05) is 25.0 Å². The van der Waals surface area contributed by atoms with Crippen molar-refractivity contribution < 1.29 is 4.79 Å². The lowest BCUT2D eigenvalue weighted by atomic mass is 9.84. The predicted octanol–water partition coefficient (Wildman–Crippen LogP) is 2.68. The second-order valence-electron chi connectivity index (χ2n) is 6.09. The Morgan fingerprint density at radius 2 is 2.20 bits per heavy atom. The van der Waals surface area contributed by atoms with Crippen molar-refractivity contribution in [3.05, 3.63) is 11.1 Å². The summed E-state index contributed by atoms with van der Waals surface area (Å²) in [5.41, 5.74) is 1.09. The van der Waals surface area contributed by atoms with Crippen molar-refractivity contribution in [2.45, 2.75) is 45.1 Å². The third kappa shape index (κ3) is 2.68. The Morgan fingerprint density at radius 1 is 1.40 bits per heavy atom. The van der Waals surface area contributed by atoms with Crippen LogP contribution in [0.4, 0.5) is 5.13 Å². The Labute approximate surface area is 124 Å². The summed E-state index contributed by atoms with van der Waals surface area (Å²) in [6, 6.07) is 0.348. The molecule has 1 saturated carbocycles. The van der Waals surface area contributed by atoms with E-state index in [2.05, 4.69) is 15.3 Å². The molecule has 1 unspecified atom stereocenters. The zero-order chi connectivity index (χ0) is 14.1. The Kier molecular flexibility index (Phi) is 3.96. The molecule has 1 aliphatic heterocycles. The lowest BCUT2D eigenvalue weighted by Crippen LogP contribution is -2.50. The Hall–Kier alpha value is -1.10. The molecule has 20 heavy (non-hydrogen) atoms. The summed E-state index contributed by atoms with van der Waals surface area (Å²) in [7, 11) is 1.99. The summed E-state index contributed by atoms with van der Waals surface area (Å²) in [4.78, 5) is 21.3. The molecular formula is C15H23N3OS. The highest BCUT2D eigenvalue weighted by Gasteiger charge is 2.33. The number of hydrogen-bond acceptors (Lipinski definition) is 4. The molecule has 1 aliphatic carbocycles. The van der Waals surface area contributed by atoms with Crippen molar-refractivity contribution in [2.24, 2.45) is 5.92 Å². The summed E-state index contributed by atoms with van der Waals surface area (Å²) in [6.07, 6.45) is 5.66. The minimum absolute atomic E-state index is 0.303. The van der Waals surface area contributed by atoms with Gasteiger partial charge in [0, 0.05) is 37.5 Å². The Morgan fingerprint density at radius 3 is 2.80 bits per heavy atom. The number of amides is 1. The molecular weight excluding hydrogens is 270 g/mol. The van der Waals surface area contributed by atoms with Gasteiger partial charge in [0.1, 0.15) is 0 Å². The van der Waals surface area contributed by atoms with E-state index < -0.39 is 0 Å². The summed E-state index contributed by atoms with van der Waals surface area (Å²) < 4.78 is 0. The maximum absolute atomic E-state index is 12.4. The number of aryl methyl sites for hydroxylation is 1. The maximum atomic E-state index is 12.4. The lowest BCUT2D eigenvalue weighted by molar-refractivity contribution is -0.139. The van der Waals surface area contributed by atoms with Gasteiger partial charge in [0.25, 0.3) is 0 Å². The van der Waals surface area contributed by atoms with Crippen molar-refractivity contribution in [1.29, 1.82) is 0 Å². The molecule has 0 radical (unpaired) electrons. The summed E-state index contributed by atoms with van der Waals surface area (Å²) in [5.74, 6) is 0.663. The number of hydrogen-bond donors (Lipinski definition) is 0. The van der Waals surface area contributed by atoms with E-state index in [9.17, 15) is 4.79 Å². The van der Waals surface area contributed by atoms with Crippen molar-refractivity contribution >= 4 is 22.4 Å². The van der Waals surface area contributed by atoms with Crippen molar-refractivity contribution in [3.8, 4) is 0 Å². The number of anilines is 1. The fraction of sp³-hybridized carbons (Fsp3) is 0.733. The second-order valence-corrected chi connectivity index (χ2v) is 6.93. The van der Waals surface area contributed by atoms with Gasteiger partial charge < -0.3 is 9.80 Å². The highest BCUT2D eigenvalue weighted by Crippen LogP contribution is 2.30. The number of likely N-dealkylation sites (N-methyl/N-ethyl adjacent to an activating group) is 1. The molecule has 2 heterocycles. The van der Waals surface area contributed by atoms with Crippen LogP contribution in [0.3, 0.4) is 0 Å². The number of carbonyl (C=O) groups excluding carboxylic acids is 1. The minimum Gasteiger partial charge on any atom is -0.346 e. The molecule has 4 nitrogen and oxygen atoms in total. The molecule has 0 spiro atoms. The quantitative estimate of drug-likeness (QED) is 0.859. The Balaban J connectivity index is 1.63. The van der Waals surface area contributed by atoms with E-state index in [1.165, 1.54) is 6.42 Å². The first kappa shape index (κ1) is 13.9. The Bertz CT molecular complexity index is 483. The molecule has 5 heteroatoms. The van der Waals surface area contributed by atoms with Gasteiger partial charge in [-0.1, -0.05) is 6.42 Å². The summed E-state index contributed by atoms with van der Waals surface area (Å²) in [6.45, 7) is 4.03.